The number of phenols is 1. The number of hydrogen-bond acceptors (Lipinski definition) is 6. The first-order chi connectivity index (χ1) is 10.2. The number of thiazole rings is 1. The van der Waals surface area contributed by atoms with E-state index in [-0.39, 0.29) is 11.8 Å². The molecule has 2 N–H and O–H groups in total. The highest BCUT2D eigenvalue weighted by atomic mass is 32.1. The number of aromatic hydroxyl groups is 1. The molecule has 0 aliphatic rings. The van der Waals surface area contributed by atoms with Crippen LogP contribution in [-0.2, 0) is 6.54 Å². The van der Waals surface area contributed by atoms with Gasteiger partial charge in [-0.1, -0.05) is 6.92 Å². The summed E-state index contributed by atoms with van der Waals surface area (Å²) < 4.78 is 10.3. The van der Waals surface area contributed by atoms with Gasteiger partial charge in [-0.3, -0.25) is 0 Å². The molecule has 114 valence electrons. The number of methoxy groups -OCH3 is 2. The van der Waals surface area contributed by atoms with Crippen molar-refractivity contribution in [2.45, 2.75) is 25.9 Å². The number of rotatable bonds is 7. The van der Waals surface area contributed by atoms with Crippen LogP contribution in [0.25, 0.3) is 0 Å². The Balaban J connectivity index is 2.12. The Kier molecular flexibility index (Phi) is 5.41. The van der Waals surface area contributed by atoms with Crippen LogP contribution in [0.2, 0.25) is 0 Å². The molecule has 5 nitrogen and oxygen atoms in total. The van der Waals surface area contributed by atoms with Crippen LogP contribution in [0.5, 0.6) is 17.2 Å². The monoisotopic (exact) mass is 308 g/mol. The van der Waals surface area contributed by atoms with Crippen molar-refractivity contribution in [3.05, 3.63) is 34.3 Å². The van der Waals surface area contributed by atoms with Gasteiger partial charge < -0.3 is 19.9 Å². The van der Waals surface area contributed by atoms with E-state index in [0.29, 0.717) is 18.0 Å². The summed E-state index contributed by atoms with van der Waals surface area (Å²) in [5.41, 5.74) is 0.983. The number of nitrogens with zero attached hydrogens (tertiary/aromatic N) is 1. The lowest BCUT2D eigenvalue weighted by molar-refractivity contribution is 0.338. The maximum atomic E-state index is 9.91. The van der Waals surface area contributed by atoms with Crippen molar-refractivity contribution < 1.29 is 14.6 Å². The minimum atomic E-state index is 0.0238. The Bertz CT molecular complexity index is 547. The lowest BCUT2D eigenvalue weighted by atomic mass is 10.1. The molecule has 0 aliphatic heterocycles. The highest BCUT2D eigenvalue weighted by molar-refractivity contribution is 7.09. The minimum absolute atomic E-state index is 0.0238. The van der Waals surface area contributed by atoms with Crippen LogP contribution in [0.1, 0.15) is 30.0 Å². The van der Waals surface area contributed by atoms with Gasteiger partial charge in [-0.15, -0.1) is 11.3 Å². The van der Waals surface area contributed by atoms with E-state index in [1.807, 2.05) is 11.6 Å². The fourth-order valence-corrected chi connectivity index (χ4v) is 2.90. The highest BCUT2D eigenvalue weighted by Crippen LogP contribution is 2.37. The number of hydrogen-bond donors (Lipinski definition) is 2. The fourth-order valence-electron chi connectivity index (χ4n) is 2.10. The van der Waals surface area contributed by atoms with E-state index >= 15 is 0 Å². The second-order valence-electron chi connectivity index (χ2n) is 4.56. The van der Waals surface area contributed by atoms with Crippen LogP contribution in [0, 0.1) is 0 Å². The lowest BCUT2D eigenvalue weighted by Crippen LogP contribution is -2.20. The third kappa shape index (κ3) is 3.65. The number of aromatic nitrogens is 1. The van der Waals surface area contributed by atoms with Crippen LogP contribution >= 0.6 is 11.3 Å². The largest absolute Gasteiger partial charge is 0.502 e. The molecule has 2 aromatic rings. The van der Waals surface area contributed by atoms with Crippen LogP contribution in [0.4, 0.5) is 0 Å². The molecule has 0 radical (unpaired) electrons. The van der Waals surface area contributed by atoms with Crippen molar-refractivity contribution in [2.75, 3.05) is 14.2 Å². The van der Waals surface area contributed by atoms with Gasteiger partial charge in [0.15, 0.2) is 11.5 Å². The van der Waals surface area contributed by atoms with E-state index in [0.717, 1.165) is 17.0 Å². The molecule has 0 spiro atoms. The third-order valence-corrected chi connectivity index (χ3v) is 4.14. The molecule has 2 rings (SSSR count). The molecule has 0 bridgehead atoms. The standard InChI is InChI=1S/C15H20N2O3S/c1-4-11(15-16-5-6-21-15)17-9-10-7-12(19-2)14(18)13(8-10)20-3/h5-8,11,17-18H,4,9H2,1-3H3. The quantitative estimate of drug-likeness (QED) is 0.823. The van der Waals surface area contributed by atoms with Crippen LogP contribution in [0.3, 0.4) is 0 Å². The van der Waals surface area contributed by atoms with Crippen molar-refractivity contribution >= 4 is 11.3 Å². The number of benzene rings is 1. The molecule has 0 saturated carbocycles. The Hall–Kier alpha value is -1.79. The summed E-state index contributed by atoms with van der Waals surface area (Å²) in [6, 6.07) is 3.83. The molecule has 6 heteroatoms. The molecular weight excluding hydrogens is 288 g/mol. The molecule has 1 aromatic carbocycles. The zero-order valence-corrected chi connectivity index (χ0v) is 13.2. The lowest BCUT2D eigenvalue weighted by Gasteiger charge is -2.16. The second-order valence-corrected chi connectivity index (χ2v) is 5.49. The van der Waals surface area contributed by atoms with E-state index in [9.17, 15) is 5.11 Å². The summed E-state index contributed by atoms with van der Waals surface area (Å²) in [7, 11) is 3.05. The van der Waals surface area contributed by atoms with E-state index in [1.165, 1.54) is 14.2 Å². The first-order valence-corrected chi connectivity index (χ1v) is 7.64. The van der Waals surface area contributed by atoms with Gasteiger partial charge in [-0.2, -0.15) is 0 Å². The minimum Gasteiger partial charge on any atom is -0.502 e. The predicted octanol–water partition coefficient (Wildman–Crippen LogP) is 3.11. The summed E-state index contributed by atoms with van der Waals surface area (Å²) in [6.45, 7) is 2.77. The van der Waals surface area contributed by atoms with E-state index in [1.54, 1.807) is 23.5 Å². The summed E-state index contributed by atoms with van der Waals surface area (Å²) in [5.74, 6) is 0.845. The van der Waals surface area contributed by atoms with Gasteiger partial charge in [0.1, 0.15) is 5.01 Å². The zero-order valence-electron chi connectivity index (χ0n) is 12.4. The SMILES string of the molecule is CCC(NCc1cc(OC)c(O)c(OC)c1)c1nccs1. The van der Waals surface area contributed by atoms with E-state index in [4.69, 9.17) is 9.47 Å². The molecule has 0 saturated heterocycles. The first-order valence-electron chi connectivity index (χ1n) is 6.76. The predicted molar refractivity (Wildman–Crippen MR) is 83.2 cm³/mol. The average Bonchev–Trinajstić information content (AvgIpc) is 3.03. The van der Waals surface area contributed by atoms with Crippen LogP contribution in [-0.4, -0.2) is 24.3 Å². The van der Waals surface area contributed by atoms with Crippen molar-refractivity contribution in [1.29, 1.82) is 0 Å². The molecule has 0 fully saturated rings. The van der Waals surface area contributed by atoms with Gasteiger partial charge in [0, 0.05) is 18.1 Å². The Labute approximate surface area is 128 Å². The fraction of sp³-hybridized carbons (Fsp3) is 0.400. The van der Waals surface area contributed by atoms with Gasteiger partial charge in [-0.25, -0.2) is 4.98 Å². The first kappa shape index (κ1) is 15.6. The Morgan fingerprint density at radius 3 is 2.43 bits per heavy atom. The van der Waals surface area contributed by atoms with E-state index in [2.05, 4.69) is 17.2 Å². The number of nitrogens with one attached hydrogen (secondary N) is 1. The van der Waals surface area contributed by atoms with Gasteiger partial charge in [0.05, 0.1) is 20.3 Å². The van der Waals surface area contributed by atoms with Gasteiger partial charge >= 0.3 is 0 Å². The number of phenolic OH excluding ortho intramolecular Hbond substituents is 1. The topological polar surface area (TPSA) is 63.6 Å². The van der Waals surface area contributed by atoms with Gasteiger partial charge in [0.25, 0.3) is 0 Å². The summed E-state index contributed by atoms with van der Waals surface area (Å²) in [6.07, 6.45) is 2.77. The Morgan fingerprint density at radius 1 is 1.29 bits per heavy atom. The second kappa shape index (κ2) is 7.28. The molecule has 21 heavy (non-hydrogen) atoms. The molecule has 0 amide bonds. The maximum absolute atomic E-state index is 9.91. The van der Waals surface area contributed by atoms with Crippen molar-refractivity contribution in [3.63, 3.8) is 0 Å². The smallest absolute Gasteiger partial charge is 0.200 e. The van der Waals surface area contributed by atoms with E-state index < -0.39 is 0 Å². The normalized spacial score (nSPS) is 12.1. The van der Waals surface area contributed by atoms with Crippen molar-refractivity contribution in [1.82, 2.24) is 10.3 Å². The molecule has 1 heterocycles. The molecule has 1 atom stereocenters. The summed E-state index contributed by atoms with van der Waals surface area (Å²) in [4.78, 5) is 4.35. The van der Waals surface area contributed by atoms with Gasteiger partial charge in [-0.05, 0) is 24.1 Å². The molecule has 1 unspecified atom stereocenters. The zero-order chi connectivity index (χ0) is 15.2. The molecule has 0 aliphatic carbocycles. The van der Waals surface area contributed by atoms with Crippen LogP contribution < -0.4 is 14.8 Å². The van der Waals surface area contributed by atoms with Crippen molar-refractivity contribution in [2.24, 2.45) is 0 Å². The van der Waals surface area contributed by atoms with Crippen molar-refractivity contribution in [3.8, 4) is 17.2 Å². The summed E-state index contributed by atoms with van der Waals surface area (Å²) >= 11 is 1.65. The summed E-state index contributed by atoms with van der Waals surface area (Å²) in [5, 5.41) is 16.4. The third-order valence-electron chi connectivity index (χ3n) is 3.25. The maximum Gasteiger partial charge on any atom is 0.200 e. The van der Waals surface area contributed by atoms with Gasteiger partial charge in [0.2, 0.25) is 5.75 Å². The highest BCUT2D eigenvalue weighted by Gasteiger charge is 2.14. The van der Waals surface area contributed by atoms with Crippen LogP contribution in [0.15, 0.2) is 23.7 Å². The average molecular weight is 308 g/mol. The number of ether oxygens (including phenoxy) is 2. The molecule has 1 aromatic heterocycles. The Morgan fingerprint density at radius 2 is 1.95 bits per heavy atom. The molecular formula is C15H20N2O3S.